The highest BCUT2D eigenvalue weighted by Gasteiger charge is 2.21. The molecule has 20 heavy (non-hydrogen) atoms. The van der Waals surface area contributed by atoms with Gasteiger partial charge in [0.15, 0.2) is 5.82 Å². The SMILES string of the molecule is CNCC1CCN(c2nccn(CC(C)C)c2=O)CC1. The minimum atomic E-state index is 0.0493. The van der Waals surface area contributed by atoms with Gasteiger partial charge in [0.2, 0.25) is 0 Å². The first-order valence-electron chi connectivity index (χ1n) is 7.56. The molecule has 1 aliphatic heterocycles. The number of aromatic nitrogens is 2. The van der Waals surface area contributed by atoms with Crippen molar-refractivity contribution in [3.05, 3.63) is 22.7 Å². The fraction of sp³-hybridized carbons (Fsp3) is 0.733. The topological polar surface area (TPSA) is 50.2 Å². The normalized spacial score (nSPS) is 16.9. The van der Waals surface area contributed by atoms with Crippen molar-refractivity contribution in [2.24, 2.45) is 11.8 Å². The van der Waals surface area contributed by atoms with Crippen LogP contribution in [0.1, 0.15) is 26.7 Å². The van der Waals surface area contributed by atoms with Crippen LogP contribution in [0.5, 0.6) is 0 Å². The molecule has 0 radical (unpaired) electrons. The quantitative estimate of drug-likeness (QED) is 0.883. The lowest BCUT2D eigenvalue weighted by Gasteiger charge is -2.32. The summed E-state index contributed by atoms with van der Waals surface area (Å²) in [6, 6.07) is 0. The molecule has 1 aromatic heterocycles. The van der Waals surface area contributed by atoms with Crippen LogP contribution in [-0.2, 0) is 6.54 Å². The molecular formula is C15H26N4O. The Labute approximate surface area is 121 Å². The summed E-state index contributed by atoms with van der Waals surface area (Å²) < 4.78 is 1.78. The van der Waals surface area contributed by atoms with Crippen LogP contribution in [0.4, 0.5) is 5.82 Å². The average Bonchev–Trinajstić information content (AvgIpc) is 2.42. The van der Waals surface area contributed by atoms with Gasteiger partial charge >= 0.3 is 0 Å². The highest BCUT2D eigenvalue weighted by Crippen LogP contribution is 2.19. The number of nitrogens with zero attached hydrogens (tertiary/aromatic N) is 3. The summed E-state index contributed by atoms with van der Waals surface area (Å²) in [4.78, 5) is 18.9. The Morgan fingerprint density at radius 3 is 2.70 bits per heavy atom. The molecule has 0 unspecified atom stereocenters. The van der Waals surface area contributed by atoms with Crippen LogP contribution in [0.15, 0.2) is 17.2 Å². The van der Waals surface area contributed by atoms with Crippen LogP contribution in [0, 0.1) is 11.8 Å². The summed E-state index contributed by atoms with van der Waals surface area (Å²) in [5.41, 5.74) is 0.0493. The van der Waals surface area contributed by atoms with Gasteiger partial charge in [-0.05, 0) is 38.3 Å². The smallest absolute Gasteiger partial charge is 0.293 e. The molecule has 0 bridgehead atoms. The van der Waals surface area contributed by atoms with E-state index in [-0.39, 0.29) is 5.56 Å². The van der Waals surface area contributed by atoms with E-state index in [0.717, 1.165) is 44.9 Å². The lowest BCUT2D eigenvalue weighted by Crippen LogP contribution is -2.41. The van der Waals surface area contributed by atoms with Gasteiger partial charge in [0.1, 0.15) is 0 Å². The van der Waals surface area contributed by atoms with Crippen LogP contribution in [-0.4, -0.2) is 36.2 Å². The van der Waals surface area contributed by atoms with Crippen molar-refractivity contribution in [2.75, 3.05) is 31.6 Å². The molecule has 0 saturated carbocycles. The van der Waals surface area contributed by atoms with Gasteiger partial charge in [-0.2, -0.15) is 0 Å². The summed E-state index contributed by atoms with van der Waals surface area (Å²) in [5.74, 6) is 1.80. The first-order chi connectivity index (χ1) is 9.61. The molecule has 2 rings (SSSR count). The van der Waals surface area contributed by atoms with Gasteiger partial charge in [-0.1, -0.05) is 13.8 Å². The Kier molecular flexibility index (Phi) is 5.17. The fourth-order valence-corrected chi connectivity index (χ4v) is 2.83. The first-order valence-corrected chi connectivity index (χ1v) is 7.56. The van der Waals surface area contributed by atoms with Crippen LogP contribution in [0.2, 0.25) is 0 Å². The maximum Gasteiger partial charge on any atom is 0.293 e. The lowest BCUT2D eigenvalue weighted by atomic mass is 9.97. The van der Waals surface area contributed by atoms with Gasteiger partial charge in [0, 0.05) is 32.0 Å². The van der Waals surface area contributed by atoms with Crippen LogP contribution in [0.25, 0.3) is 0 Å². The number of nitrogens with one attached hydrogen (secondary N) is 1. The Morgan fingerprint density at radius 1 is 1.40 bits per heavy atom. The predicted octanol–water partition coefficient (Wildman–Crippen LogP) is 1.34. The zero-order valence-corrected chi connectivity index (χ0v) is 12.8. The Hall–Kier alpha value is -1.36. The molecule has 1 saturated heterocycles. The van der Waals surface area contributed by atoms with Gasteiger partial charge in [0.25, 0.3) is 5.56 Å². The lowest BCUT2D eigenvalue weighted by molar-refractivity contribution is 0.391. The van der Waals surface area contributed by atoms with Gasteiger partial charge < -0.3 is 14.8 Å². The number of hydrogen-bond donors (Lipinski definition) is 1. The molecule has 1 aliphatic rings. The van der Waals surface area contributed by atoms with Gasteiger partial charge in [0.05, 0.1) is 0 Å². The van der Waals surface area contributed by atoms with Gasteiger partial charge in [-0.3, -0.25) is 4.79 Å². The van der Waals surface area contributed by atoms with E-state index in [1.54, 1.807) is 17.0 Å². The molecule has 0 aliphatic carbocycles. The van der Waals surface area contributed by atoms with E-state index in [4.69, 9.17) is 0 Å². The van der Waals surface area contributed by atoms with Crippen molar-refractivity contribution in [3.63, 3.8) is 0 Å². The monoisotopic (exact) mass is 278 g/mol. The fourth-order valence-electron chi connectivity index (χ4n) is 2.83. The Balaban J connectivity index is 2.08. The van der Waals surface area contributed by atoms with Crippen LogP contribution < -0.4 is 15.8 Å². The van der Waals surface area contributed by atoms with Crippen molar-refractivity contribution < 1.29 is 0 Å². The Morgan fingerprint density at radius 2 is 2.10 bits per heavy atom. The molecule has 112 valence electrons. The molecule has 5 nitrogen and oxygen atoms in total. The van der Waals surface area contributed by atoms with Gasteiger partial charge in [-0.15, -0.1) is 0 Å². The maximum absolute atomic E-state index is 12.5. The average molecular weight is 278 g/mol. The highest BCUT2D eigenvalue weighted by atomic mass is 16.1. The summed E-state index contributed by atoms with van der Waals surface area (Å²) in [7, 11) is 2.00. The standard InChI is InChI=1S/C15H26N4O/c1-12(2)11-19-9-6-17-14(15(19)20)18-7-4-13(5-8-18)10-16-3/h6,9,12-13,16H,4-5,7-8,10-11H2,1-3H3. The third-order valence-electron chi connectivity index (χ3n) is 3.86. The van der Waals surface area contributed by atoms with E-state index in [9.17, 15) is 4.79 Å². The molecule has 1 aromatic rings. The third kappa shape index (κ3) is 3.60. The molecule has 5 heteroatoms. The highest BCUT2D eigenvalue weighted by molar-refractivity contribution is 5.36. The molecule has 2 heterocycles. The van der Waals surface area contributed by atoms with Crippen molar-refractivity contribution in [2.45, 2.75) is 33.2 Å². The summed E-state index contributed by atoms with van der Waals surface area (Å²) in [6.45, 7) is 7.92. The van der Waals surface area contributed by atoms with E-state index < -0.39 is 0 Å². The van der Waals surface area contributed by atoms with Crippen molar-refractivity contribution >= 4 is 5.82 Å². The summed E-state index contributed by atoms with van der Waals surface area (Å²) in [6.07, 6.45) is 5.79. The summed E-state index contributed by atoms with van der Waals surface area (Å²) >= 11 is 0. The maximum atomic E-state index is 12.5. The second-order valence-corrected chi connectivity index (χ2v) is 6.09. The zero-order valence-electron chi connectivity index (χ0n) is 12.8. The zero-order chi connectivity index (χ0) is 14.5. The molecule has 0 aromatic carbocycles. The second-order valence-electron chi connectivity index (χ2n) is 6.09. The molecule has 0 atom stereocenters. The van der Waals surface area contributed by atoms with E-state index in [1.165, 1.54) is 0 Å². The predicted molar refractivity (Wildman–Crippen MR) is 82.2 cm³/mol. The number of hydrogen-bond acceptors (Lipinski definition) is 4. The Bertz CT molecular complexity index is 475. The molecule has 1 N–H and O–H groups in total. The molecular weight excluding hydrogens is 252 g/mol. The van der Waals surface area contributed by atoms with Crippen molar-refractivity contribution in [3.8, 4) is 0 Å². The van der Waals surface area contributed by atoms with E-state index in [0.29, 0.717) is 11.7 Å². The molecule has 0 amide bonds. The minimum absolute atomic E-state index is 0.0493. The number of piperidine rings is 1. The molecule has 0 spiro atoms. The third-order valence-corrected chi connectivity index (χ3v) is 3.86. The summed E-state index contributed by atoms with van der Waals surface area (Å²) in [5, 5.41) is 3.23. The van der Waals surface area contributed by atoms with Crippen molar-refractivity contribution in [1.29, 1.82) is 0 Å². The van der Waals surface area contributed by atoms with E-state index in [2.05, 4.69) is 29.0 Å². The van der Waals surface area contributed by atoms with Crippen LogP contribution >= 0.6 is 0 Å². The number of rotatable bonds is 5. The molecule has 1 fully saturated rings. The van der Waals surface area contributed by atoms with Crippen LogP contribution in [0.3, 0.4) is 0 Å². The van der Waals surface area contributed by atoms with Gasteiger partial charge in [-0.25, -0.2) is 4.98 Å². The first kappa shape index (κ1) is 15.0. The second kappa shape index (κ2) is 6.88. The largest absolute Gasteiger partial charge is 0.352 e. The van der Waals surface area contributed by atoms with Crippen molar-refractivity contribution in [1.82, 2.24) is 14.9 Å². The van der Waals surface area contributed by atoms with E-state index >= 15 is 0 Å². The van der Waals surface area contributed by atoms with E-state index in [1.807, 2.05) is 7.05 Å². The minimum Gasteiger partial charge on any atom is -0.352 e. The number of anilines is 1.